The Morgan fingerprint density at radius 1 is 0.652 bits per heavy atom. The summed E-state index contributed by atoms with van der Waals surface area (Å²) in [4.78, 5) is 21.4. The minimum Gasteiger partial charge on any atom is -0.304 e. The van der Waals surface area contributed by atoms with Gasteiger partial charge in [0.05, 0.1) is 12.4 Å². The van der Waals surface area contributed by atoms with E-state index in [1.54, 1.807) is 24.7 Å². The lowest BCUT2D eigenvalue weighted by molar-refractivity contribution is 0.591. The van der Waals surface area contributed by atoms with E-state index in [-0.39, 0.29) is 0 Å². The van der Waals surface area contributed by atoms with E-state index in [1.165, 1.54) is 12.4 Å². The van der Waals surface area contributed by atoms with Crippen molar-refractivity contribution < 1.29 is 4.57 Å². The van der Waals surface area contributed by atoms with Crippen LogP contribution in [0.15, 0.2) is 43.1 Å². The van der Waals surface area contributed by atoms with Crippen LogP contribution in [0.4, 0.5) is 0 Å². The summed E-state index contributed by atoms with van der Waals surface area (Å²) in [5, 5.41) is 0. The van der Waals surface area contributed by atoms with Crippen LogP contribution in [0.25, 0.3) is 0 Å². The molecule has 0 N–H and O–H groups in total. The van der Waals surface area contributed by atoms with Gasteiger partial charge in [-0.1, -0.05) is 11.5 Å². The third kappa shape index (κ3) is 2.97. The van der Waals surface area contributed by atoms with E-state index in [9.17, 15) is 4.57 Å². The van der Waals surface area contributed by atoms with Crippen molar-refractivity contribution in [3.05, 3.63) is 43.1 Å². The van der Waals surface area contributed by atoms with Crippen LogP contribution in [0.1, 0.15) is 0 Å². The topological polar surface area (TPSA) is 81.5 Å². The van der Waals surface area contributed by atoms with Gasteiger partial charge in [0.2, 0.25) is 7.14 Å². The predicted octanol–water partition coefficient (Wildman–Crippen LogP) is -4.92. The summed E-state index contributed by atoms with van der Waals surface area (Å²) in [5.41, 5.74) is 3.65. The van der Waals surface area contributed by atoms with Crippen molar-refractivity contribution in [3.63, 3.8) is 0 Å². The van der Waals surface area contributed by atoms with Gasteiger partial charge in [0.15, 0.2) is 15.7 Å². The molecule has 0 saturated heterocycles. The number of hydrogen-bond acceptors (Lipinski definition) is 6. The molecule has 0 atom stereocenters. The minimum absolute atomic E-state index is 0.359. The summed E-state index contributed by atoms with van der Waals surface area (Å²) in [5.74, 6) is 0. The van der Waals surface area contributed by atoms with E-state index in [1.807, 2.05) is 29.6 Å². The van der Waals surface area contributed by atoms with Crippen molar-refractivity contribution in [2.45, 2.75) is 0 Å². The average molecular weight is 319 g/mol. The van der Waals surface area contributed by atoms with Gasteiger partial charge >= 0.3 is 0 Å². The molecule has 0 saturated carbocycles. The van der Waals surface area contributed by atoms with Gasteiger partial charge in [-0.15, -0.1) is 0 Å². The number of hydrogen-bond donors (Lipinski definition) is 0. The van der Waals surface area contributed by atoms with Gasteiger partial charge in [-0.05, 0) is 6.07 Å². The van der Waals surface area contributed by atoms with Crippen LogP contribution in [0, 0.1) is 0 Å². The minimum atomic E-state index is -3.29. The second-order valence-corrected chi connectivity index (χ2v) is 7.93. The Bertz CT molecular complexity index is 754. The van der Waals surface area contributed by atoms with Gasteiger partial charge in [0.25, 0.3) is 0 Å². The Hall–Kier alpha value is -2.27. The van der Waals surface area contributed by atoms with Gasteiger partial charge in [0, 0.05) is 29.8 Å². The molecule has 0 bridgehead atoms. The zero-order chi connectivity index (χ0) is 16.4. The smallest absolute Gasteiger partial charge is 0.226 e. The molecule has 3 aromatic heterocycles. The summed E-state index contributed by atoms with van der Waals surface area (Å²) < 4.78 is 13.9. The summed E-state index contributed by atoms with van der Waals surface area (Å²) in [6, 6.07) is 3.62. The Morgan fingerprint density at radius 3 is 1.57 bits per heavy atom. The van der Waals surface area contributed by atoms with Crippen molar-refractivity contribution in [3.8, 4) is 0 Å². The molecule has 0 amide bonds. The highest BCUT2D eigenvalue weighted by atomic mass is 31.2. The van der Waals surface area contributed by atoms with Crippen molar-refractivity contribution in [1.29, 1.82) is 0 Å². The first-order chi connectivity index (χ1) is 11.0. The van der Waals surface area contributed by atoms with E-state index in [4.69, 9.17) is 0 Å². The Balaban J connectivity index is 2.24. The largest absolute Gasteiger partial charge is 0.304 e. The molecule has 0 aromatic carbocycles. The monoisotopic (exact) mass is 319 g/mol. The fourth-order valence-electron chi connectivity index (χ4n) is 2.10. The lowest BCUT2D eigenvalue weighted by Crippen LogP contribution is -2.33. The molecule has 6 nitrogen and oxygen atoms in total. The maximum atomic E-state index is 13.9. The normalized spacial score (nSPS) is 11.3. The zero-order valence-corrected chi connectivity index (χ0v) is 14.0. The molecule has 0 fully saturated rings. The maximum absolute atomic E-state index is 13.9. The van der Waals surface area contributed by atoms with Gasteiger partial charge in [-0.3, -0.25) is 15.0 Å². The SMILES string of the molecule is Bc1ccc(P(=O)(c2cnc(B)cn2)c2cnc(B)cn2)nc1. The lowest BCUT2D eigenvalue weighted by atomic mass is 9.99. The van der Waals surface area contributed by atoms with Crippen LogP contribution in [0.3, 0.4) is 0 Å². The van der Waals surface area contributed by atoms with E-state index in [2.05, 4.69) is 24.9 Å². The van der Waals surface area contributed by atoms with Crippen molar-refractivity contribution in [1.82, 2.24) is 24.9 Å². The van der Waals surface area contributed by atoms with Crippen molar-refractivity contribution in [2.75, 3.05) is 0 Å². The molecule has 3 aromatic rings. The van der Waals surface area contributed by atoms with Crippen molar-refractivity contribution >= 4 is 63.6 Å². The zero-order valence-electron chi connectivity index (χ0n) is 13.1. The standard InChI is InChI=1S/C13H13B3N5OP/c14-8-1-2-11(19-3-8)23(22,12-6-17-9(15)4-20-12)13-7-18-10(16)5-21-13/h1-7H,14-16H2. The van der Waals surface area contributed by atoms with Crippen LogP contribution in [-0.4, -0.2) is 48.5 Å². The molecule has 10 heteroatoms. The molecular formula is C13H13B3N5OP. The predicted molar refractivity (Wildman–Crippen MR) is 99.3 cm³/mol. The number of aromatic nitrogens is 5. The highest BCUT2D eigenvalue weighted by molar-refractivity contribution is 7.84. The summed E-state index contributed by atoms with van der Waals surface area (Å²) in [7, 11) is 2.30. The molecular weight excluding hydrogens is 306 g/mol. The summed E-state index contributed by atoms with van der Waals surface area (Å²) in [6.07, 6.45) is 7.93. The third-order valence-electron chi connectivity index (χ3n) is 3.40. The molecule has 0 radical (unpaired) electrons. The first-order valence-corrected chi connectivity index (χ1v) is 8.82. The second kappa shape index (κ2) is 6.09. The highest BCUT2D eigenvalue weighted by Gasteiger charge is 2.34. The molecule has 110 valence electrons. The molecule has 0 unspecified atom stereocenters. The quantitative estimate of drug-likeness (QED) is 0.356. The second-order valence-electron chi connectivity index (χ2n) is 5.33. The average Bonchev–Trinajstić information content (AvgIpc) is 2.56. The molecule has 0 aliphatic heterocycles. The summed E-state index contributed by atoms with van der Waals surface area (Å²) >= 11 is 0. The van der Waals surface area contributed by atoms with Crippen LogP contribution < -0.4 is 33.0 Å². The van der Waals surface area contributed by atoms with Gasteiger partial charge in [-0.2, -0.15) is 0 Å². The van der Waals surface area contributed by atoms with Gasteiger partial charge in [0.1, 0.15) is 24.2 Å². The molecule has 3 heterocycles. The van der Waals surface area contributed by atoms with Crippen LogP contribution >= 0.6 is 7.14 Å². The van der Waals surface area contributed by atoms with E-state index < -0.39 is 7.14 Å². The molecule has 23 heavy (non-hydrogen) atoms. The van der Waals surface area contributed by atoms with Crippen LogP contribution in [0.2, 0.25) is 0 Å². The van der Waals surface area contributed by atoms with E-state index >= 15 is 0 Å². The first kappa shape index (κ1) is 15.6. The van der Waals surface area contributed by atoms with Crippen molar-refractivity contribution in [2.24, 2.45) is 0 Å². The number of rotatable bonds is 3. The number of nitrogens with zero attached hydrogens (tertiary/aromatic N) is 5. The fraction of sp³-hybridized carbons (Fsp3) is 0. The Morgan fingerprint density at radius 2 is 1.17 bits per heavy atom. The number of pyridine rings is 1. The molecule has 0 spiro atoms. The fourth-order valence-corrected chi connectivity index (χ4v) is 4.19. The summed E-state index contributed by atoms with van der Waals surface area (Å²) in [6.45, 7) is 0. The van der Waals surface area contributed by atoms with E-state index in [0.717, 1.165) is 16.6 Å². The Kier molecular flexibility index (Phi) is 4.13. The molecule has 0 aliphatic carbocycles. The molecule has 3 rings (SSSR count). The van der Waals surface area contributed by atoms with E-state index in [0.29, 0.717) is 16.3 Å². The maximum Gasteiger partial charge on any atom is 0.226 e. The van der Waals surface area contributed by atoms with Gasteiger partial charge < -0.3 is 4.57 Å². The first-order valence-electron chi connectivity index (χ1n) is 7.12. The lowest BCUT2D eigenvalue weighted by Gasteiger charge is -2.16. The van der Waals surface area contributed by atoms with Crippen LogP contribution in [0.5, 0.6) is 0 Å². The molecule has 0 aliphatic rings. The Labute approximate surface area is 136 Å². The highest BCUT2D eigenvalue weighted by Crippen LogP contribution is 2.38. The van der Waals surface area contributed by atoms with Gasteiger partial charge in [-0.25, -0.2) is 9.97 Å². The van der Waals surface area contributed by atoms with Crippen LogP contribution in [-0.2, 0) is 4.57 Å². The third-order valence-corrected chi connectivity index (χ3v) is 6.06.